The van der Waals surface area contributed by atoms with Crippen LogP contribution in [0.15, 0.2) is 24.3 Å². The van der Waals surface area contributed by atoms with Crippen LogP contribution < -0.4 is 5.73 Å². The maximum atomic E-state index is 8.88. The molecular formula is C9H14BNO2. The van der Waals surface area contributed by atoms with Crippen LogP contribution in [0.2, 0.25) is 0 Å². The van der Waals surface area contributed by atoms with Gasteiger partial charge in [0.25, 0.3) is 7.48 Å². The maximum absolute atomic E-state index is 8.88. The van der Waals surface area contributed by atoms with E-state index in [2.05, 4.69) is 0 Å². The molecule has 13 heavy (non-hydrogen) atoms. The summed E-state index contributed by atoms with van der Waals surface area (Å²) in [6.45, 7) is 0.352. The van der Waals surface area contributed by atoms with Crippen LogP contribution in [0, 0.1) is 0 Å². The average molecular weight is 179 g/mol. The van der Waals surface area contributed by atoms with Gasteiger partial charge in [0.05, 0.1) is 13.3 Å². The Morgan fingerprint density at radius 1 is 1.38 bits per heavy atom. The first kappa shape index (κ1) is 10.2. The van der Waals surface area contributed by atoms with Crippen molar-refractivity contribution in [3.05, 3.63) is 35.4 Å². The molecule has 0 saturated heterocycles. The Morgan fingerprint density at radius 2 is 2.15 bits per heavy atom. The molecule has 0 amide bonds. The van der Waals surface area contributed by atoms with Gasteiger partial charge in [0.15, 0.2) is 0 Å². The fourth-order valence-corrected chi connectivity index (χ4v) is 1.16. The molecule has 1 aromatic carbocycles. The zero-order chi connectivity index (χ0) is 9.52. The molecule has 3 N–H and O–H groups in total. The molecular weight excluding hydrogens is 165 g/mol. The van der Waals surface area contributed by atoms with Crippen molar-refractivity contribution in [1.29, 1.82) is 0 Å². The van der Waals surface area contributed by atoms with Gasteiger partial charge in [-0.3, -0.25) is 0 Å². The van der Waals surface area contributed by atoms with Gasteiger partial charge in [0.2, 0.25) is 0 Å². The van der Waals surface area contributed by atoms with Crippen molar-refractivity contribution in [2.45, 2.75) is 12.9 Å². The van der Waals surface area contributed by atoms with Crippen LogP contribution in [0.3, 0.4) is 0 Å². The molecule has 0 radical (unpaired) electrons. The standard InChI is InChI=1S/C9H14BNO2/c11-7-13-10-5-8-2-1-3-9(4-8)6-12/h1-4,10,12H,5-7,11H2. The Bertz CT molecular complexity index is 255. The summed E-state index contributed by atoms with van der Waals surface area (Å²) in [4.78, 5) is 0. The monoisotopic (exact) mass is 179 g/mol. The number of nitrogens with two attached hydrogens (primary N) is 1. The van der Waals surface area contributed by atoms with Gasteiger partial charge in [0, 0.05) is 0 Å². The number of rotatable bonds is 5. The molecule has 0 atom stereocenters. The van der Waals surface area contributed by atoms with Gasteiger partial charge < -0.3 is 15.5 Å². The number of aliphatic hydroxyl groups is 1. The van der Waals surface area contributed by atoms with Crippen LogP contribution >= 0.6 is 0 Å². The zero-order valence-corrected chi connectivity index (χ0v) is 7.57. The number of aliphatic hydroxyl groups excluding tert-OH is 1. The van der Waals surface area contributed by atoms with Crippen LogP contribution in [-0.4, -0.2) is 19.3 Å². The van der Waals surface area contributed by atoms with Gasteiger partial charge in [-0.05, 0) is 11.9 Å². The van der Waals surface area contributed by atoms with E-state index in [9.17, 15) is 0 Å². The quantitative estimate of drug-likeness (QED) is 0.379. The first-order chi connectivity index (χ1) is 6.36. The van der Waals surface area contributed by atoms with E-state index in [1.54, 1.807) is 0 Å². The summed E-state index contributed by atoms with van der Waals surface area (Å²) in [5.41, 5.74) is 7.29. The van der Waals surface area contributed by atoms with E-state index >= 15 is 0 Å². The van der Waals surface area contributed by atoms with Gasteiger partial charge >= 0.3 is 0 Å². The average Bonchev–Trinajstić information content (AvgIpc) is 2.19. The molecule has 0 aliphatic rings. The minimum atomic E-state index is 0.0889. The Kier molecular flexibility index (Phi) is 4.53. The third kappa shape index (κ3) is 3.59. The molecule has 70 valence electrons. The predicted octanol–water partition coefficient (Wildman–Crippen LogP) is -0.0368. The van der Waals surface area contributed by atoms with Crippen molar-refractivity contribution in [3.8, 4) is 0 Å². The summed E-state index contributed by atoms with van der Waals surface area (Å²) in [6.07, 6.45) is 0.838. The predicted molar refractivity (Wildman–Crippen MR) is 53.4 cm³/mol. The lowest BCUT2D eigenvalue weighted by molar-refractivity contribution is 0.281. The Hall–Kier alpha value is -0.835. The molecule has 3 nitrogen and oxygen atoms in total. The van der Waals surface area contributed by atoms with Crippen molar-refractivity contribution in [2.75, 3.05) is 6.73 Å². The molecule has 0 aliphatic carbocycles. The second-order valence-corrected chi connectivity index (χ2v) is 2.80. The van der Waals surface area contributed by atoms with Crippen molar-refractivity contribution in [1.82, 2.24) is 0 Å². The molecule has 0 fully saturated rings. The first-order valence-electron chi connectivity index (χ1n) is 4.33. The van der Waals surface area contributed by atoms with E-state index in [1.807, 2.05) is 24.3 Å². The summed E-state index contributed by atoms with van der Waals surface area (Å²) in [5, 5.41) is 8.88. The van der Waals surface area contributed by atoms with Gasteiger partial charge in [0.1, 0.15) is 0 Å². The summed E-state index contributed by atoms with van der Waals surface area (Å²) in [5.74, 6) is 0. The topological polar surface area (TPSA) is 55.5 Å². The second-order valence-electron chi connectivity index (χ2n) is 2.80. The van der Waals surface area contributed by atoms with Crippen LogP contribution in [-0.2, 0) is 17.6 Å². The van der Waals surface area contributed by atoms with E-state index in [0.29, 0.717) is 7.48 Å². The van der Waals surface area contributed by atoms with Crippen LogP contribution in [0.1, 0.15) is 11.1 Å². The molecule has 0 spiro atoms. The fourth-order valence-electron chi connectivity index (χ4n) is 1.16. The Morgan fingerprint density at radius 3 is 2.85 bits per heavy atom. The van der Waals surface area contributed by atoms with Crippen molar-refractivity contribution in [2.24, 2.45) is 5.73 Å². The maximum Gasteiger partial charge on any atom is 0.281 e. The number of hydrogen-bond acceptors (Lipinski definition) is 3. The summed E-state index contributed by atoms with van der Waals surface area (Å²) < 4.78 is 5.03. The minimum Gasteiger partial charge on any atom is -0.427 e. The molecule has 1 rings (SSSR count). The molecule has 4 heteroatoms. The molecule has 0 aliphatic heterocycles. The third-order valence-corrected chi connectivity index (χ3v) is 1.83. The highest BCUT2D eigenvalue weighted by Gasteiger charge is 1.96. The van der Waals surface area contributed by atoms with E-state index in [4.69, 9.17) is 15.5 Å². The smallest absolute Gasteiger partial charge is 0.281 e. The summed E-state index contributed by atoms with van der Waals surface area (Å²) in [7, 11) is 0.630. The third-order valence-electron chi connectivity index (χ3n) is 1.83. The van der Waals surface area contributed by atoms with Crippen LogP contribution in [0.25, 0.3) is 0 Å². The molecule has 0 bridgehead atoms. The molecule has 0 aromatic heterocycles. The molecule has 1 aromatic rings. The Balaban J connectivity index is 2.46. The zero-order valence-electron chi connectivity index (χ0n) is 7.57. The van der Waals surface area contributed by atoms with E-state index in [0.717, 1.165) is 11.9 Å². The Labute approximate surface area is 78.8 Å². The lowest BCUT2D eigenvalue weighted by atomic mass is 9.89. The molecule has 0 saturated carbocycles. The number of hydrogen-bond donors (Lipinski definition) is 2. The van der Waals surface area contributed by atoms with Gasteiger partial charge in [-0.2, -0.15) is 0 Å². The summed E-state index contributed by atoms with van der Waals surface area (Å²) >= 11 is 0. The highest BCUT2D eigenvalue weighted by molar-refractivity contribution is 6.26. The summed E-state index contributed by atoms with van der Waals surface area (Å²) in [6, 6.07) is 7.82. The second kappa shape index (κ2) is 5.75. The first-order valence-corrected chi connectivity index (χ1v) is 4.33. The van der Waals surface area contributed by atoms with Crippen molar-refractivity contribution < 1.29 is 9.76 Å². The van der Waals surface area contributed by atoms with Crippen molar-refractivity contribution in [3.63, 3.8) is 0 Å². The highest BCUT2D eigenvalue weighted by atomic mass is 16.4. The largest absolute Gasteiger partial charge is 0.427 e. The van der Waals surface area contributed by atoms with E-state index in [-0.39, 0.29) is 13.3 Å². The van der Waals surface area contributed by atoms with Gasteiger partial charge in [-0.25, -0.2) is 0 Å². The van der Waals surface area contributed by atoms with Gasteiger partial charge in [-0.15, -0.1) is 0 Å². The lowest BCUT2D eigenvalue weighted by Gasteiger charge is -2.02. The molecule has 0 heterocycles. The fraction of sp³-hybridized carbons (Fsp3) is 0.333. The van der Waals surface area contributed by atoms with Crippen molar-refractivity contribution >= 4 is 7.48 Å². The lowest BCUT2D eigenvalue weighted by Crippen LogP contribution is -2.10. The normalized spacial score (nSPS) is 10.0. The van der Waals surface area contributed by atoms with Crippen LogP contribution in [0.4, 0.5) is 0 Å². The van der Waals surface area contributed by atoms with E-state index in [1.165, 1.54) is 5.56 Å². The highest BCUT2D eigenvalue weighted by Crippen LogP contribution is 2.05. The SMILES string of the molecule is NCOBCc1cccc(CO)c1. The minimum absolute atomic E-state index is 0.0889. The van der Waals surface area contributed by atoms with Crippen LogP contribution in [0.5, 0.6) is 0 Å². The van der Waals surface area contributed by atoms with E-state index < -0.39 is 0 Å². The number of benzene rings is 1. The molecule has 0 unspecified atom stereocenters. The van der Waals surface area contributed by atoms with Gasteiger partial charge in [-0.1, -0.05) is 29.8 Å².